The quantitative estimate of drug-likeness (QED) is 0.657. The molecule has 1 aromatic heterocycles. The first-order chi connectivity index (χ1) is 13.6. The first-order valence-corrected chi connectivity index (χ1v) is 9.14. The van der Waals surface area contributed by atoms with E-state index in [1.54, 1.807) is 37.7 Å². The van der Waals surface area contributed by atoms with E-state index in [0.29, 0.717) is 17.1 Å². The second-order valence-corrected chi connectivity index (χ2v) is 6.40. The summed E-state index contributed by atoms with van der Waals surface area (Å²) in [5.74, 6) is 1.23. The number of hydrogen-bond acceptors (Lipinski definition) is 5. The van der Waals surface area contributed by atoms with Crippen LogP contribution in [0.1, 0.15) is 30.6 Å². The summed E-state index contributed by atoms with van der Waals surface area (Å²) in [6.45, 7) is 4.02. The summed E-state index contributed by atoms with van der Waals surface area (Å²) < 4.78 is 10.8. The van der Waals surface area contributed by atoms with Gasteiger partial charge in [-0.2, -0.15) is 0 Å². The van der Waals surface area contributed by atoms with Crippen molar-refractivity contribution in [1.82, 2.24) is 15.3 Å². The van der Waals surface area contributed by atoms with Crippen LogP contribution in [0.25, 0.3) is 11.1 Å². The molecule has 0 fully saturated rings. The molecule has 0 spiro atoms. The van der Waals surface area contributed by atoms with Gasteiger partial charge in [-0.3, -0.25) is 4.79 Å². The largest absolute Gasteiger partial charge is 0.497 e. The number of rotatable bonds is 7. The topological polar surface area (TPSA) is 73.3 Å². The van der Waals surface area contributed by atoms with E-state index in [-0.39, 0.29) is 18.0 Å². The Morgan fingerprint density at radius 1 is 1.04 bits per heavy atom. The van der Waals surface area contributed by atoms with E-state index in [4.69, 9.17) is 9.47 Å². The number of hydrogen-bond donors (Lipinski definition) is 1. The van der Waals surface area contributed by atoms with E-state index in [9.17, 15) is 4.79 Å². The van der Waals surface area contributed by atoms with Crippen molar-refractivity contribution in [3.8, 4) is 28.6 Å². The number of carbonyl (C=O) groups is 1. The molecule has 6 heteroatoms. The van der Waals surface area contributed by atoms with Gasteiger partial charge in [-0.1, -0.05) is 25.1 Å². The lowest BCUT2D eigenvalue weighted by molar-refractivity contribution is 0.0939. The number of benzene rings is 2. The molecule has 0 bridgehead atoms. The molecule has 0 aliphatic rings. The molecule has 1 heterocycles. The number of methoxy groups -OCH3 is 1. The smallest absolute Gasteiger partial charge is 0.321 e. The van der Waals surface area contributed by atoms with Gasteiger partial charge in [0.05, 0.1) is 7.11 Å². The minimum atomic E-state index is -0.0702. The van der Waals surface area contributed by atoms with Gasteiger partial charge < -0.3 is 14.8 Å². The standard InChI is InChI=1S/C22H23N3O3/c1-4-15(2)25-21(26)17-10-8-16(9-11-17)18-13-23-22(24-14-18)28-20-7-5-6-19(12-20)27-3/h5-15H,4H2,1-3H3,(H,25,26). The first kappa shape index (κ1) is 19.4. The monoisotopic (exact) mass is 377 g/mol. The van der Waals surface area contributed by atoms with Crippen molar-refractivity contribution in [3.05, 3.63) is 66.5 Å². The fourth-order valence-corrected chi connectivity index (χ4v) is 2.51. The predicted octanol–water partition coefficient (Wildman–Crippen LogP) is 4.47. The molecule has 0 saturated carbocycles. The van der Waals surface area contributed by atoms with Crippen LogP contribution in [0.15, 0.2) is 60.9 Å². The van der Waals surface area contributed by atoms with Crippen molar-refractivity contribution in [3.63, 3.8) is 0 Å². The molecular weight excluding hydrogens is 354 g/mol. The highest BCUT2D eigenvalue weighted by Gasteiger charge is 2.09. The molecule has 1 amide bonds. The molecule has 1 N–H and O–H groups in total. The van der Waals surface area contributed by atoms with E-state index >= 15 is 0 Å². The van der Waals surface area contributed by atoms with Crippen LogP contribution in [0.2, 0.25) is 0 Å². The van der Waals surface area contributed by atoms with Gasteiger partial charge in [0.2, 0.25) is 0 Å². The summed E-state index contributed by atoms with van der Waals surface area (Å²) in [7, 11) is 1.60. The minimum absolute atomic E-state index is 0.0702. The molecule has 0 radical (unpaired) electrons. The van der Waals surface area contributed by atoms with Crippen molar-refractivity contribution < 1.29 is 14.3 Å². The number of nitrogens with zero attached hydrogens (tertiary/aromatic N) is 2. The van der Waals surface area contributed by atoms with Crippen LogP contribution in [-0.4, -0.2) is 29.0 Å². The zero-order chi connectivity index (χ0) is 19.9. The number of ether oxygens (including phenoxy) is 2. The third kappa shape index (κ3) is 4.85. The lowest BCUT2D eigenvalue weighted by Crippen LogP contribution is -2.31. The van der Waals surface area contributed by atoms with Crippen LogP contribution in [0, 0.1) is 0 Å². The van der Waals surface area contributed by atoms with Crippen LogP contribution in [-0.2, 0) is 0 Å². The minimum Gasteiger partial charge on any atom is -0.497 e. The molecule has 1 atom stereocenters. The number of nitrogens with one attached hydrogen (secondary N) is 1. The molecule has 0 aliphatic carbocycles. The summed E-state index contributed by atoms with van der Waals surface area (Å²) in [6, 6.07) is 15.0. The Morgan fingerprint density at radius 3 is 2.36 bits per heavy atom. The second-order valence-electron chi connectivity index (χ2n) is 6.40. The number of aromatic nitrogens is 2. The van der Waals surface area contributed by atoms with E-state index < -0.39 is 0 Å². The van der Waals surface area contributed by atoms with Crippen LogP contribution in [0.3, 0.4) is 0 Å². The third-order valence-electron chi connectivity index (χ3n) is 4.35. The average molecular weight is 377 g/mol. The van der Waals surface area contributed by atoms with Gasteiger partial charge in [0, 0.05) is 35.6 Å². The molecule has 0 aliphatic heterocycles. The Balaban J connectivity index is 1.68. The van der Waals surface area contributed by atoms with Crippen molar-refractivity contribution in [2.24, 2.45) is 0 Å². The predicted molar refractivity (Wildman–Crippen MR) is 108 cm³/mol. The van der Waals surface area contributed by atoms with E-state index in [2.05, 4.69) is 15.3 Å². The molecule has 3 aromatic rings. The van der Waals surface area contributed by atoms with Gasteiger partial charge in [-0.05, 0) is 43.2 Å². The highest BCUT2D eigenvalue weighted by Crippen LogP contribution is 2.24. The molecule has 3 rings (SSSR count). The molecule has 2 aromatic carbocycles. The van der Waals surface area contributed by atoms with Gasteiger partial charge in [0.1, 0.15) is 11.5 Å². The van der Waals surface area contributed by atoms with Crippen molar-refractivity contribution in [2.45, 2.75) is 26.3 Å². The van der Waals surface area contributed by atoms with E-state index in [0.717, 1.165) is 17.5 Å². The Bertz CT molecular complexity index is 925. The van der Waals surface area contributed by atoms with Gasteiger partial charge in [0.15, 0.2) is 0 Å². The molecule has 144 valence electrons. The van der Waals surface area contributed by atoms with Crippen LogP contribution < -0.4 is 14.8 Å². The summed E-state index contributed by atoms with van der Waals surface area (Å²) in [5.41, 5.74) is 2.39. The number of amides is 1. The van der Waals surface area contributed by atoms with Gasteiger partial charge >= 0.3 is 6.01 Å². The Hall–Kier alpha value is -3.41. The maximum atomic E-state index is 12.2. The Morgan fingerprint density at radius 2 is 1.71 bits per heavy atom. The molecule has 1 unspecified atom stereocenters. The summed E-state index contributed by atoms with van der Waals surface area (Å²) in [4.78, 5) is 20.7. The fraction of sp³-hybridized carbons (Fsp3) is 0.227. The highest BCUT2D eigenvalue weighted by molar-refractivity contribution is 5.94. The van der Waals surface area contributed by atoms with Crippen molar-refractivity contribution >= 4 is 5.91 Å². The zero-order valence-electron chi connectivity index (χ0n) is 16.2. The summed E-state index contributed by atoms with van der Waals surface area (Å²) in [5, 5.41) is 2.95. The van der Waals surface area contributed by atoms with E-state index in [1.807, 2.05) is 44.2 Å². The van der Waals surface area contributed by atoms with Crippen LogP contribution in [0.4, 0.5) is 0 Å². The van der Waals surface area contributed by atoms with Gasteiger partial charge in [0.25, 0.3) is 5.91 Å². The average Bonchev–Trinajstić information content (AvgIpc) is 2.74. The van der Waals surface area contributed by atoms with Crippen molar-refractivity contribution in [2.75, 3.05) is 7.11 Å². The zero-order valence-corrected chi connectivity index (χ0v) is 16.2. The van der Waals surface area contributed by atoms with Gasteiger partial charge in [-0.15, -0.1) is 0 Å². The SMILES string of the molecule is CCC(C)NC(=O)c1ccc(-c2cnc(Oc3cccc(OC)c3)nc2)cc1. The second kappa shape index (κ2) is 8.99. The Labute approximate surface area is 164 Å². The van der Waals surface area contributed by atoms with E-state index in [1.165, 1.54) is 0 Å². The molecule has 0 saturated heterocycles. The van der Waals surface area contributed by atoms with Crippen LogP contribution in [0.5, 0.6) is 17.5 Å². The lowest BCUT2D eigenvalue weighted by Gasteiger charge is -2.11. The first-order valence-electron chi connectivity index (χ1n) is 9.14. The third-order valence-corrected chi connectivity index (χ3v) is 4.35. The Kier molecular flexibility index (Phi) is 6.22. The van der Waals surface area contributed by atoms with Gasteiger partial charge in [-0.25, -0.2) is 9.97 Å². The lowest BCUT2D eigenvalue weighted by atomic mass is 10.1. The summed E-state index contributed by atoms with van der Waals surface area (Å²) >= 11 is 0. The maximum Gasteiger partial charge on any atom is 0.321 e. The van der Waals surface area contributed by atoms with Crippen molar-refractivity contribution in [1.29, 1.82) is 0 Å². The fourth-order valence-electron chi connectivity index (χ4n) is 2.51. The highest BCUT2D eigenvalue weighted by atomic mass is 16.5. The summed E-state index contributed by atoms with van der Waals surface area (Å²) in [6.07, 6.45) is 4.28. The number of carbonyl (C=O) groups excluding carboxylic acids is 1. The normalized spacial score (nSPS) is 11.5. The maximum absolute atomic E-state index is 12.2. The van der Waals surface area contributed by atoms with Crippen LogP contribution >= 0.6 is 0 Å². The molecule has 28 heavy (non-hydrogen) atoms. The molecule has 6 nitrogen and oxygen atoms in total. The molecular formula is C22H23N3O3.